The van der Waals surface area contributed by atoms with E-state index < -0.39 is 0 Å². The molecule has 0 aromatic heterocycles. The molecule has 86 valence electrons. The van der Waals surface area contributed by atoms with E-state index in [1.807, 2.05) is 6.08 Å². The van der Waals surface area contributed by atoms with Crippen LogP contribution in [0.1, 0.15) is 25.7 Å². The van der Waals surface area contributed by atoms with Crippen LogP contribution in [-0.2, 0) is 4.74 Å². The van der Waals surface area contributed by atoms with Crippen LogP contribution in [-0.4, -0.2) is 27.3 Å². The highest BCUT2D eigenvalue weighted by molar-refractivity contribution is 6.67. The lowest BCUT2D eigenvalue weighted by molar-refractivity contribution is 0.00907. The van der Waals surface area contributed by atoms with Crippen molar-refractivity contribution in [1.29, 1.82) is 5.26 Å². The number of allylic oxidation sites excluding steroid dienone is 3. The van der Waals surface area contributed by atoms with Crippen molar-refractivity contribution in [3.8, 4) is 5.97 Å². The Bertz CT molecular complexity index is 387. The van der Waals surface area contributed by atoms with Crippen LogP contribution in [0, 0.1) is 11.2 Å². The highest BCUT2D eigenvalue weighted by Gasteiger charge is 2.39. The van der Waals surface area contributed by atoms with Gasteiger partial charge in [0.2, 0.25) is 0 Å². The molecule has 2 radical (unpaired) electrons. The van der Waals surface area contributed by atoms with Crippen LogP contribution in [0.5, 0.6) is 0 Å². The monoisotopic (exact) mass is 225 g/mol. The minimum absolute atomic E-state index is 0.134. The molecule has 2 nitrogen and oxygen atoms in total. The molecule has 0 atom stereocenters. The summed E-state index contributed by atoms with van der Waals surface area (Å²) in [5.41, 5.74) is 2.17. The molecule has 0 amide bonds. The van der Waals surface area contributed by atoms with Crippen molar-refractivity contribution in [3.63, 3.8) is 0 Å². The first-order chi connectivity index (χ1) is 8.20. The molecule has 0 saturated carbocycles. The summed E-state index contributed by atoms with van der Waals surface area (Å²) in [7, 11) is 7.57. The molecule has 17 heavy (non-hydrogen) atoms. The molecular weight excluding hydrogens is 208 g/mol. The first kappa shape index (κ1) is 12.5. The fourth-order valence-electron chi connectivity index (χ4n) is 2.90. The maximum absolute atomic E-state index is 8.95. The topological polar surface area (TPSA) is 33.0 Å². The van der Waals surface area contributed by atoms with Gasteiger partial charge in [0, 0.05) is 13.1 Å². The van der Waals surface area contributed by atoms with E-state index in [1.54, 1.807) is 7.11 Å². The van der Waals surface area contributed by atoms with Gasteiger partial charge in [-0.25, -0.2) is 5.26 Å². The van der Waals surface area contributed by atoms with E-state index >= 15 is 0 Å². The fourth-order valence-corrected chi connectivity index (χ4v) is 2.90. The average molecular weight is 225 g/mol. The summed E-state index contributed by atoms with van der Waals surface area (Å²) < 4.78 is 5.80. The van der Waals surface area contributed by atoms with Crippen molar-refractivity contribution >= 4 is 14.6 Å². The van der Waals surface area contributed by atoms with Crippen LogP contribution in [0.2, 0.25) is 12.6 Å². The summed E-state index contributed by atoms with van der Waals surface area (Å²) in [5, 5.41) is 8.95. The highest BCUT2D eigenvalue weighted by atomic mass is 16.5. The number of hydrogen-bond donors (Lipinski definition) is 0. The van der Waals surface area contributed by atoms with Crippen LogP contribution in [0.25, 0.3) is 0 Å². The Labute approximate surface area is 105 Å². The number of hydrogen-bond acceptors (Lipinski definition) is 2. The first-order valence-electron chi connectivity index (χ1n) is 6.30. The molecule has 4 heteroatoms. The minimum atomic E-state index is -0.134. The molecule has 0 N–H and O–H groups in total. The van der Waals surface area contributed by atoms with Crippen LogP contribution in [0.3, 0.4) is 0 Å². The molecule has 1 saturated heterocycles. The van der Waals surface area contributed by atoms with Crippen molar-refractivity contribution in [2.75, 3.05) is 7.11 Å². The fraction of sp³-hybridized carbons (Fsp3) is 0.615. The van der Waals surface area contributed by atoms with Gasteiger partial charge < -0.3 is 4.74 Å². The smallest absolute Gasteiger partial charge is 0.268 e. The van der Waals surface area contributed by atoms with Gasteiger partial charge in [-0.2, -0.15) is 0 Å². The molecule has 2 rings (SSSR count). The molecule has 0 unspecified atom stereocenters. The van der Waals surface area contributed by atoms with E-state index in [1.165, 1.54) is 5.57 Å². The van der Waals surface area contributed by atoms with Gasteiger partial charge in [0.25, 0.3) is 6.71 Å². The SMILES string of the molecule is [B]C1=CC=C(C2(OC)CCB(C#N)CC2)CC1. The second-order valence-corrected chi connectivity index (χ2v) is 5.04. The quantitative estimate of drug-likeness (QED) is 0.676. The van der Waals surface area contributed by atoms with Crippen LogP contribution in [0.15, 0.2) is 23.2 Å². The zero-order valence-electron chi connectivity index (χ0n) is 10.4. The molecule has 1 heterocycles. The van der Waals surface area contributed by atoms with E-state index in [2.05, 4.69) is 12.0 Å². The normalized spacial score (nSPS) is 23.6. The van der Waals surface area contributed by atoms with Gasteiger partial charge >= 0.3 is 0 Å². The van der Waals surface area contributed by atoms with Gasteiger partial charge in [-0.15, -0.1) is 5.47 Å². The maximum Gasteiger partial charge on any atom is 0.268 e. The third kappa shape index (κ3) is 2.50. The van der Waals surface area contributed by atoms with Gasteiger partial charge in [0.1, 0.15) is 7.85 Å². The number of nitrogens with zero attached hydrogens (tertiary/aromatic N) is 1. The van der Waals surface area contributed by atoms with Crippen LogP contribution >= 0.6 is 0 Å². The van der Waals surface area contributed by atoms with Gasteiger partial charge in [-0.1, -0.05) is 24.8 Å². The Balaban J connectivity index is 2.14. The second kappa shape index (κ2) is 5.14. The predicted octanol–water partition coefficient (Wildman–Crippen LogP) is 2.50. The van der Waals surface area contributed by atoms with Gasteiger partial charge in [0.05, 0.1) is 5.60 Å². The lowest BCUT2D eigenvalue weighted by Gasteiger charge is -2.40. The van der Waals surface area contributed by atoms with E-state index in [-0.39, 0.29) is 12.3 Å². The van der Waals surface area contributed by atoms with Crippen LogP contribution < -0.4 is 0 Å². The van der Waals surface area contributed by atoms with Crippen molar-refractivity contribution < 1.29 is 4.74 Å². The third-order valence-electron chi connectivity index (χ3n) is 4.13. The van der Waals surface area contributed by atoms with Gasteiger partial charge in [-0.3, -0.25) is 0 Å². The number of ether oxygens (including phenoxy) is 1. The van der Waals surface area contributed by atoms with Crippen molar-refractivity contribution in [1.82, 2.24) is 0 Å². The lowest BCUT2D eigenvalue weighted by atomic mass is 9.40. The van der Waals surface area contributed by atoms with Crippen LogP contribution in [0.4, 0.5) is 0 Å². The third-order valence-corrected chi connectivity index (χ3v) is 4.13. The molecule has 0 spiro atoms. The summed E-state index contributed by atoms with van der Waals surface area (Å²) in [6, 6.07) is 0. The Morgan fingerprint density at radius 3 is 2.53 bits per heavy atom. The van der Waals surface area contributed by atoms with Crippen molar-refractivity contribution in [3.05, 3.63) is 23.2 Å². The highest BCUT2D eigenvalue weighted by Crippen LogP contribution is 2.40. The zero-order valence-corrected chi connectivity index (χ0v) is 10.4. The summed E-state index contributed by atoms with van der Waals surface area (Å²) in [4.78, 5) is 0. The molecular formula is C13H17B2NO. The van der Waals surface area contributed by atoms with E-state index in [0.29, 0.717) is 0 Å². The molecule has 1 aliphatic heterocycles. The van der Waals surface area contributed by atoms with E-state index in [0.717, 1.165) is 43.8 Å². The number of methoxy groups -OCH3 is 1. The van der Waals surface area contributed by atoms with Crippen molar-refractivity contribution in [2.24, 2.45) is 0 Å². The number of rotatable bonds is 2. The van der Waals surface area contributed by atoms with Gasteiger partial charge in [-0.05, 0) is 31.3 Å². The maximum atomic E-state index is 8.95. The van der Waals surface area contributed by atoms with Crippen molar-refractivity contribution in [2.45, 2.75) is 43.9 Å². The predicted molar refractivity (Wildman–Crippen MR) is 71.1 cm³/mol. The molecule has 1 aliphatic carbocycles. The Morgan fingerprint density at radius 2 is 2.06 bits per heavy atom. The zero-order chi connectivity index (χ0) is 12.3. The summed E-state index contributed by atoms with van der Waals surface area (Å²) in [6.07, 6.45) is 9.85. The van der Waals surface area contributed by atoms with E-state index in [4.69, 9.17) is 17.8 Å². The van der Waals surface area contributed by atoms with E-state index in [9.17, 15) is 0 Å². The van der Waals surface area contributed by atoms with Gasteiger partial charge in [0.15, 0.2) is 0 Å². The lowest BCUT2D eigenvalue weighted by Crippen LogP contribution is -2.40. The first-order valence-corrected chi connectivity index (χ1v) is 6.30. The Kier molecular flexibility index (Phi) is 3.79. The molecule has 2 aliphatic rings. The standard InChI is InChI=1S/C13H17B2NO/c1-17-13(6-8-15(10-16)9-7-13)11-2-4-12(14)5-3-11/h2,4H,3,5-9H2,1H3. The second-order valence-electron chi connectivity index (χ2n) is 5.04. The Hall–Kier alpha value is -0.940. The Morgan fingerprint density at radius 1 is 1.35 bits per heavy atom. The summed E-state index contributed by atoms with van der Waals surface area (Å²) in [5.74, 6) is 2.37. The molecule has 0 aromatic carbocycles. The molecule has 0 bridgehead atoms. The molecule has 0 aromatic rings. The molecule has 1 fully saturated rings. The average Bonchev–Trinajstić information content (AvgIpc) is 2.40. The number of nitriles is 1. The summed E-state index contributed by atoms with van der Waals surface area (Å²) >= 11 is 0. The largest absolute Gasteiger partial charge is 0.374 e. The summed E-state index contributed by atoms with van der Waals surface area (Å²) in [6.45, 7) is 0.211. The minimum Gasteiger partial charge on any atom is -0.374 e.